The molecule has 2 aromatic rings. The number of hydrogen-bond acceptors (Lipinski definition) is 6. The molecule has 0 bridgehead atoms. The minimum absolute atomic E-state index is 0.0196. The molecule has 162 valence electrons. The zero-order chi connectivity index (χ0) is 21.3. The Morgan fingerprint density at radius 2 is 1.90 bits per heavy atom. The van der Waals surface area contributed by atoms with Crippen molar-refractivity contribution in [3.63, 3.8) is 0 Å². The first-order valence-corrected chi connectivity index (χ1v) is 9.47. The molecule has 4 rings (SSSR count). The Morgan fingerprint density at radius 1 is 1.17 bits per heavy atom. The first kappa shape index (κ1) is 20.6. The Kier molecular flexibility index (Phi) is 5.65. The highest BCUT2D eigenvalue weighted by atomic mass is 19.4. The third kappa shape index (κ3) is 4.12. The highest BCUT2D eigenvalue weighted by Crippen LogP contribution is 2.39. The number of aromatic nitrogens is 2. The largest absolute Gasteiger partial charge is 0.492 e. The average Bonchev–Trinajstić information content (AvgIpc) is 3.16. The lowest BCUT2D eigenvalue weighted by atomic mass is 10.1. The molecule has 11 heteroatoms. The standard InChI is InChI=1S/C19H20F4N4O3/c20-14-1-2-16(30-8-5-26-3-6-29-7-4-26)13-11-27(10-12(13)14)15-9-24-25-18(28)17(15)19(21,22)23/h1-2,9H,3-8,10-11H2,(H,25,28). The summed E-state index contributed by atoms with van der Waals surface area (Å²) in [5.41, 5.74) is -2.34. The molecule has 1 saturated heterocycles. The number of aromatic amines is 1. The van der Waals surface area contributed by atoms with Crippen molar-refractivity contribution in [1.29, 1.82) is 0 Å². The molecule has 0 radical (unpaired) electrons. The van der Waals surface area contributed by atoms with Crippen LogP contribution in [0, 0.1) is 5.82 Å². The fourth-order valence-electron chi connectivity index (χ4n) is 3.74. The predicted molar refractivity (Wildman–Crippen MR) is 98.9 cm³/mol. The number of anilines is 1. The number of ether oxygens (including phenoxy) is 2. The predicted octanol–water partition coefficient (Wildman–Crippen LogP) is 2.16. The molecule has 0 aliphatic carbocycles. The fourth-order valence-corrected chi connectivity index (χ4v) is 3.74. The number of nitrogens with zero attached hydrogens (tertiary/aromatic N) is 3. The maximum atomic E-state index is 14.4. The number of rotatable bonds is 5. The van der Waals surface area contributed by atoms with Crippen LogP contribution in [-0.4, -0.2) is 54.6 Å². The van der Waals surface area contributed by atoms with Crippen molar-refractivity contribution in [2.75, 3.05) is 44.4 Å². The lowest BCUT2D eigenvalue weighted by Crippen LogP contribution is -2.38. The number of alkyl halides is 3. The van der Waals surface area contributed by atoms with Gasteiger partial charge in [-0.25, -0.2) is 9.49 Å². The summed E-state index contributed by atoms with van der Waals surface area (Å²) >= 11 is 0. The van der Waals surface area contributed by atoms with Gasteiger partial charge in [0.25, 0.3) is 5.56 Å². The van der Waals surface area contributed by atoms with Gasteiger partial charge in [-0.3, -0.25) is 9.69 Å². The van der Waals surface area contributed by atoms with Crippen LogP contribution < -0.4 is 15.2 Å². The minimum atomic E-state index is -4.86. The number of nitrogens with one attached hydrogen (secondary N) is 1. The lowest BCUT2D eigenvalue weighted by molar-refractivity contribution is -0.138. The zero-order valence-corrected chi connectivity index (χ0v) is 16.0. The molecule has 0 saturated carbocycles. The number of benzene rings is 1. The highest BCUT2D eigenvalue weighted by molar-refractivity contribution is 5.58. The molecule has 1 aromatic heterocycles. The Balaban J connectivity index is 1.54. The van der Waals surface area contributed by atoms with E-state index in [9.17, 15) is 22.4 Å². The molecule has 0 atom stereocenters. The van der Waals surface area contributed by atoms with Crippen LogP contribution in [0.5, 0.6) is 5.75 Å². The molecule has 2 aliphatic rings. The molecule has 1 N–H and O–H groups in total. The first-order chi connectivity index (χ1) is 14.3. The van der Waals surface area contributed by atoms with E-state index < -0.39 is 23.1 Å². The van der Waals surface area contributed by atoms with E-state index in [0.717, 1.165) is 19.3 Å². The van der Waals surface area contributed by atoms with Gasteiger partial charge in [0.15, 0.2) is 0 Å². The molecule has 7 nitrogen and oxygen atoms in total. The molecule has 2 aliphatic heterocycles. The van der Waals surface area contributed by atoms with Crippen molar-refractivity contribution in [1.82, 2.24) is 15.1 Å². The van der Waals surface area contributed by atoms with Crippen LogP contribution in [0.3, 0.4) is 0 Å². The van der Waals surface area contributed by atoms with Crippen molar-refractivity contribution in [3.05, 3.63) is 51.2 Å². The summed E-state index contributed by atoms with van der Waals surface area (Å²) in [7, 11) is 0. The van der Waals surface area contributed by atoms with Crippen molar-refractivity contribution >= 4 is 5.69 Å². The summed E-state index contributed by atoms with van der Waals surface area (Å²) in [5.74, 6) is -0.104. The van der Waals surface area contributed by atoms with E-state index in [1.807, 2.05) is 5.10 Å². The zero-order valence-electron chi connectivity index (χ0n) is 16.0. The van der Waals surface area contributed by atoms with E-state index in [-0.39, 0.29) is 24.3 Å². The number of fused-ring (bicyclic) bond motifs is 1. The first-order valence-electron chi connectivity index (χ1n) is 9.47. The van der Waals surface area contributed by atoms with Crippen LogP contribution >= 0.6 is 0 Å². The second kappa shape index (κ2) is 8.23. The second-order valence-corrected chi connectivity index (χ2v) is 7.12. The van der Waals surface area contributed by atoms with Crippen LogP contribution in [0.15, 0.2) is 23.1 Å². The number of morpholine rings is 1. The van der Waals surface area contributed by atoms with Gasteiger partial charge < -0.3 is 14.4 Å². The molecule has 0 spiro atoms. The van der Waals surface area contributed by atoms with Crippen molar-refractivity contribution in [2.45, 2.75) is 19.3 Å². The van der Waals surface area contributed by atoms with Gasteiger partial charge in [0.1, 0.15) is 23.7 Å². The number of halogens is 4. The lowest BCUT2D eigenvalue weighted by Gasteiger charge is -2.26. The summed E-state index contributed by atoms with van der Waals surface area (Å²) in [5, 5.41) is 5.30. The van der Waals surface area contributed by atoms with Gasteiger partial charge in [0.2, 0.25) is 0 Å². The molecule has 30 heavy (non-hydrogen) atoms. The SMILES string of the molecule is O=c1[nH]ncc(N2Cc3c(F)ccc(OCCN4CCOCC4)c3C2)c1C(F)(F)F. The molecular weight excluding hydrogens is 408 g/mol. The van der Waals surface area contributed by atoms with Crippen molar-refractivity contribution in [2.24, 2.45) is 0 Å². The topological polar surface area (TPSA) is 70.7 Å². The van der Waals surface area contributed by atoms with Gasteiger partial charge in [-0.2, -0.15) is 18.3 Å². The smallest absolute Gasteiger partial charge is 0.423 e. The Hall–Kier alpha value is -2.66. The van der Waals surface area contributed by atoms with Crippen molar-refractivity contribution < 1.29 is 27.0 Å². The normalized spacial score (nSPS) is 17.3. The quantitative estimate of drug-likeness (QED) is 0.737. The van der Waals surface area contributed by atoms with E-state index in [0.29, 0.717) is 37.7 Å². The van der Waals surface area contributed by atoms with Gasteiger partial charge in [0, 0.05) is 43.9 Å². The molecule has 0 amide bonds. The monoisotopic (exact) mass is 428 g/mol. The van der Waals surface area contributed by atoms with Gasteiger partial charge in [-0.15, -0.1) is 0 Å². The van der Waals surface area contributed by atoms with E-state index in [1.54, 1.807) is 0 Å². The third-order valence-corrected chi connectivity index (χ3v) is 5.26. The third-order valence-electron chi connectivity index (χ3n) is 5.26. The Morgan fingerprint density at radius 3 is 2.63 bits per heavy atom. The number of H-pyrrole nitrogens is 1. The summed E-state index contributed by atoms with van der Waals surface area (Å²) in [6.07, 6.45) is -3.93. The maximum Gasteiger partial charge on any atom is 0.423 e. The summed E-state index contributed by atoms with van der Waals surface area (Å²) in [4.78, 5) is 15.2. The van der Waals surface area contributed by atoms with Crippen LogP contribution in [0.2, 0.25) is 0 Å². The molecule has 0 unspecified atom stereocenters. The van der Waals surface area contributed by atoms with Gasteiger partial charge in [0.05, 0.1) is 25.1 Å². The Labute approximate surface area is 169 Å². The van der Waals surface area contributed by atoms with Gasteiger partial charge >= 0.3 is 6.18 Å². The van der Waals surface area contributed by atoms with E-state index in [4.69, 9.17) is 9.47 Å². The van der Waals surface area contributed by atoms with Crippen LogP contribution in [-0.2, 0) is 24.0 Å². The van der Waals surface area contributed by atoms with E-state index in [1.165, 1.54) is 17.0 Å². The van der Waals surface area contributed by atoms with E-state index >= 15 is 0 Å². The number of hydrogen-bond donors (Lipinski definition) is 1. The molecule has 3 heterocycles. The van der Waals surface area contributed by atoms with Gasteiger partial charge in [-0.1, -0.05) is 0 Å². The fraction of sp³-hybridized carbons (Fsp3) is 0.474. The summed E-state index contributed by atoms with van der Waals surface area (Å²) in [6.45, 7) is 3.81. The molecule has 1 fully saturated rings. The minimum Gasteiger partial charge on any atom is -0.492 e. The molecule has 1 aromatic carbocycles. The summed E-state index contributed by atoms with van der Waals surface area (Å²) < 4.78 is 65.7. The summed E-state index contributed by atoms with van der Waals surface area (Å²) in [6, 6.07) is 2.73. The van der Waals surface area contributed by atoms with Crippen molar-refractivity contribution in [3.8, 4) is 5.75 Å². The second-order valence-electron chi connectivity index (χ2n) is 7.12. The highest BCUT2D eigenvalue weighted by Gasteiger charge is 2.40. The van der Waals surface area contributed by atoms with Crippen LogP contribution in [0.1, 0.15) is 16.7 Å². The van der Waals surface area contributed by atoms with E-state index in [2.05, 4.69) is 10.00 Å². The Bertz CT molecular complexity index is 973. The van der Waals surface area contributed by atoms with Gasteiger partial charge in [-0.05, 0) is 12.1 Å². The average molecular weight is 428 g/mol. The maximum absolute atomic E-state index is 14.4. The molecular formula is C19H20F4N4O3. The van der Waals surface area contributed by atoms with Crippen LogP contribution in [0.4, 0.5) is 23.2 Å². The van der Waals surface area contributed by atoms with Crippen LogP contribution in [0.25, 0.3) is 0 Å².